The fourth-order valence-corrected chi connectivity index (χ4v) is 3.48. The highest BCUT2D eigenvalue weighted by molar-refractivity contribution is 7.15. The number of aromatic nitrogens is 2. The van der Waals surface area contributed by atoms with Gasteiger partial charge in [0.05, 0.1) is 0 Å². The van der Waals surface area contributed by atoms with E-state index in [0.717, 1.165) is 48.9 Å². The summed E-state index contributed by atoms with van der Waals surface area (Å²) in [6, 6.07) is 0.466. The van der Waals surface area contributed by atoms with Crippen LogP contribution in [0.4, 0.5) is 5.13 Å². The topological polar surface area (TPSA) is 58.1 Å². The van der Waals surface area contributed by atoms with E-state index >= 15 is 0 Å². The Balaban J connectivity index is 1.55. The first kappa shape index (κ1) is 14.8. The van der Waals surface area contributed by atoms with Gasteiger partial charge in [0, 0.05) is 30.5 Å². The first-order chi connectivity index (χ1) is 9.93. The van der Waals surface area contributed by atoms with E-state index in [0.29, 0.717) is 6.04 Å². The van der Waals surface area contributed by atoms with Gasteiger partial charge >= 0.3 is 0 Å². The van der Waals surface area contributed by atoms with Gasteiger partial charge in [-0.1, -0.05) is 32.1 Å². The molecule has 2 aliphatic rings. The molecule has 21 heavy (non-hydrogen) atoms. The summed E-state index contributed by atoms with van der Waals surface area (Å²) in [5.74, 6) is 0.432. The second-order valence-corrected chi connectivity index (χ2v) is 8.14. The van der Waals surface area contributed by atoms with Crippen LogP contribution in [0.25, 0.3) is 0 Å². The molecule has 1 aromatic rings. The van der Waals surface area contributed by atoms with Crippen molar-refractivity contribution in [3.05, 3.63) is 5.01 Å². The molecule has 1 aromatic heterocycles. The van der Waals surface area contributed by atoms with Crippen molar-refractivity contribution in [1.29, 1.82) is 0 Å². The van der Waals surface area contributed by atoms with Crippen LogP contribution in [0.3, 0.4) is 0 Å². The Labute approximate surface area is 130 Å². The van der Waals surface area contributed by atoms with Crippen LogP contribution >= 0.6 is 11.3 Å². The van der Waals surface area contributed by atoms with Gasteiger partial charge in [0.2, 0.25) is 11.0 Å². The number of hydrogen-bond acceptors (Lipinski definition) is 5. The fraction of sp³-hybridized carbons (Fsp3) is 0.800. The van der Waals surface area contributed by atoms with Crippen molar-refractivity contribution in [2.24, 2.45) is 5.92 Å². The quantitative estimate of drug-likeness (QED) is 0.931. The number of carbonyl (C=O) groups is 1. The molecule has 1 saturated heterocycles. The zero-order valence-corrected chi connectivity index (χ0v) is 13.9. The Morgan fingerprint density at radius 1 is 1.19 bits per heavy atom. The van der Waals surface area contributed by atoms with Gasteiger partial charge in [-0.15, -0.1) is 10.2 Å². The molecule has 2 fully saturated rings. The SMILES string of the molecule is CC(C)(C)c1nnc(N2CCC(C(=O)NC3CC3)CC2)s1. The molecular weight excluding hydrogens is 284 g/mol. The minimum absolute atomic E-state index is 0.0540. The zero-order valence-electron chi connectivity index (χ0n) is 13.1. The molecule has 0 spiro atoms. The van der Waals surface area contributed by atoms with Gasteiger partial charge in [-0.25, -0.2) is 0 Å². The molecule has 5 nitrogen and oxygen atoms in total. The average molecular weight is 308 g/mol. The second kappa shape index (κ2) is 5.55. The summed E-state index contributed by atoms with van der Waals surface area (Å²) in [4.78, 5) is 14.3. The highest BCUT2D eigenvalue weighted by atomic mass is 32.1. The summed E-state index contributed by atoms with van der Waals surface area (Å²) in [6.07, 6.45) is 4.15. The van der Waals surface area contributed by atoms with Gasteiger partial charge in [0.15, 0.2) is 0 Å². The van der Waals surface area contributed by atoms with Crippen LogP contribution in [0.2, 0.25) is 0 Å². The lowest BCUT2D eigenvalue weighted by molar-refractivity contribution is -0.125. The van der Waals surface area contributed by atoms with Gasteiger partial charge in [-0.3, -0.25) is 4.79 Å². The monoisotopic (exact) mass is 308 g/mol. The van der Waals surface area contributed by atoms with Crippen LogP contribution in [0.1, 0.15) is 51.5 Å². The number of piperidine rings is 1. The highest BCUT2D eigenvalue weighted by Crippen LogP contribution is 2.32. The maximum absolute atomic E-state index is 12.1. The summed E-state index contributed by atoms with van der Waals surface area (Å²) in [6.45, 7) is 8.28. The molecule has 116 valence electrons. The Kier molecular flexibility index (Phi) is 3.90. The van der Waals surface area contributed by atoms with Gasteiger partial charge in [-0.05, 0) is 25.7 Å². The molecule has 6 heteroatoms. The molecule has 1 aliphatic heterocycles. The number of anilines is 1. The molecule has 1 amide bonds. The first-order valence-corrected chi connectivity index (χ1v) is 8.64. The van der Waals surface area contributed by atoms with Crippen LogP contribution in [0.15, 0.2) is 0 Å². The van der Waals surface area contributed by atoms with Crippen LogP contribution in [-0.2, 0) is 10.2 Å². The minimum Gasteiger partial charge on any atom is -0.353 e. The van der Waals surface area contributed by atoms with Gasteiger partial charge < -0.3 is 10.2 Å². The van der Waals surface area contributed by atoms with E-state index in [1.165, 1.54) is 0 Å². The molecule has 1 N–H and O–H groups in total. The Morgan fingerprint density at radius 2 is 1.86 bits per heavy atom. The maximum Gasteiger partial charge on any atom is 0.223 e. The number of nitrogens with zero attached hydrogens (tertiary/aromatic N) is 3. The molecule has 0 atom stereocenters. The summed E-state index contributed by atoms with van der Waals surface area (Å²) < 4.78 is 0. The van der Waals surface area contributed by atoms with Crippen molar-refractivity contribution in [2.45, 2.75) is 57.9 Å². The van der Waals surface area contributed by atoms with E-state index in [1.54, 1.807) is 11.3 Å². The van der Waals surface area contributed by atoms with Crippen LogP contribution in [-0.4, -0.2) is 35.2 Å². The lowest BCUT2D eigenvalue weighted by Crippen LogP contribution is -2.41. The van der Waals surface area contributed by atoms with Crippen LogP contribution in [0.5, 0.6) is 0 Å². The second-order valence-electron chi connectivity index (χ2n) is 7.18. The highest BCUT2D eigenvalue weighted by Gasteiger charge is 2.31. The molecule has 1 saturated carbocycles. The third kappa shape index (κ3) is 3.54. The van der Waals surface area contributed by atoms with E-state index in [-0.39, 0.29) is 17.2 Å². The minimum atomic E-state index is 0.0540. The zero-order chi connectivity index (χ0) is 15.0. The summed E-state index contributed by atoms with van der Waals surface area (Å²) in [7, 11) is 0. The molecule has 0 radical (unpaired) electrons. The molecular formula is C15H24N4OS. The number of amides is 1. The summed E-state index contributed by atoms with van der Waals surface area (Å²) in [5.41, 5.74) is 0.0540. The smallest absolute Gasteiger partial charge is 0.223 e. The van der Waals surface area contributed by atoms with Crippen molar-refractivity contribution in [2.75, 3.05) is 18.0 Å². The number of rotatable bonds is 3. The third-order valence-electron chi connectivity index (χ3n) is 4.12. The Bertz CT molecular complexity index is 510. The normalized spacial score (nSPS) is 20.6. The molecule has 0 bridgehead atoms. The Hall–Kier alpha value is -1.17. The fourth-order valence-electron chi connectivity index (χ4n) is 2.53. The molecule has 0 unspecified atom stereocenters. The van der Waals surface area contributed by atoms with Crippen molar-refractivity contribution >= 4 is 22.4 Å². The molecule has 2 heterocycles. The van der Waals surface area contributed by atoms with Gasteiger partial charge in [0.1, 0.15) is 5.01 Å². The molecule has 0 aromatic carbocycles. The number of hydrogen-bond donors (Lipinski definition) is 1. The van der Waals surface area contributed by atoms with Gasteiger partial charge in [-0.2, -0.15) is 0 Å². The van der Waals surface area contributed by atoms with Crippen molar-refractivity contribution in [3.63, 3.8) is 0 Å². The number of nitrogens with one attached hydrogen (secondary N) is 1. The van der Waals surface area contributed by atoms with Gasteiger partial charge in [0.25, 0.3) is 0 Å². The van der Waals surface area contributed by atoms with E-state index < -0.39 is 0 Å². The lowest BCUT2D eigenvalue weighted by Gasteiger charge is -2.30. The molecule has 1 aliphatic carbocycles. The first-order valence-electron chi connectivity index (χ1n) is 7.83. The predicted octanol–water partition coefficient (Wildman–Crippen LogP) is 2.33. The van der Waals surface area contributed by atoms with Crippen molar-refractivity contribution in [1.82, 2.24) is 15.5 Å². The number of carbonyl (C=O) groups excluding carboxylic acids is 1. The van der Waals surface area contributed by atoms with E-state index in [2.05, 4.69) is 41.2 Å². The summed E-state index contributed by atoms with van der Waals surface area (Å²) >= 11 is 1.68. The van der Waals surface area contributed by atoms with Crippen LogP contribution < -0.4 is 10.2 Å². The predicted molar refractivity (Wildman–Crippen MR) is 84.7 cm³/mol. The lowest BCUT2D eigenvalue weighted by atomic mass is 9.96. The average Bonchev–Trinajstić information content (AvgIpc) is 3.09. The van der Waals surface area contributed by atoms with Crippen LogP contribution in [0, 0.1) is 5.92 Å². The van der Waals surface area contributed by atoms with E-state index in [9.17, 15) is 4.79 Å². The van der Waals surface area contributed by atoms with Crippen molar-refractivity contribution in [3.8, 4) is 0 Å². The van der Waals surface area contributed by atoms with E-state index in [1.807, 2.05) is 0 Å². The maximum atomic E-state index is 12.1. The third-order valence-corrected chi connectivity index (χ3v) is 5.53. The molecule has 3 rings (SSSR count). The Morgan fingerprint density at radius 3 is 2.38 bits per heavy atom. The van der Waals surface area contributed by atoms with Crippen molar-refractivity contribution < 1.29 is 4.79 Å². The largest absolute Gasteiger partial charge is 0.353 e. The standard InChI is InChI=1S/C15H24N4OS/c1-15(2,3)13-17-18-14(21-13)19-8-6-10(7-9-19)12(20)16-11-4-5-11/h10-11H,4-9H2,1-3H3,(H,16,20). The van der Waals surface area contributed by atoms with E-state index in [4.69, 9.17) is 0 Å². The summed E-state index contributed by atoms with van der Waals surface area (Å²) in [5, 5.41) is 13.8.